The fraction of sp³-hybridized carbons (Fsp3) is 0.400. The van der Waals surface area contributed by atoms with E-state index in [1.165, 1.54) is 28.1 Å². The highest BCUT2D eigenvalue weighted by Crippen LogP contribution is 2.35. The van der Waals surface area contributed by atoms with Gasteiger partial charge in [-0.15, -0.1) is 0 Å². The van der Waals surface area contributed by atoms with E-state index in [1.807, 2.05) is 79.7 Å². The van der Waals surface area contributed by atoms with E-state index in [-0.39, 0.29) is 0 Å². The fourth-order valence-electron chi connectivity index (χ4n) is 3.15. The molecule has 0 fully saturated rings. The summed E-state index contributed by atoms with van der Waals surface area (Å²) >= 11 is 0. The second-order valence-electron chi connectivity index (χ2n) is 5.89. The molecule has 180 valence electrons. The molecular formula is C30H50N2. The van der Waals surface area contributed by atoms with E-state index < -0.39 is 0 Å². The van der Waals surface area contributed by atoms with E-state index in [0.29, 0.717) is 0 Å². The molecule has 32 heavy (non-hydrogen) atoms. The predicted octanol–water partition coefficient (Wildman–Crippen LogP) is 10.1. The molecule has 0 aliphatic rings. The number of aromatic nitrogens is 2. The van der Waals surface area contributed by atoms with E-state index in [2.05, 4.69) is 63.2 Å². The monoisotopic (exact) mass is 438 g/mol. The second-order valence-corrected chi connectivity index (χ2v) is 5.89. The second kappa shape index (κ2) is 20.2. The Bertz CT molecular complexity index is 852. The molecule has 0 aliphatic heterocycles. The normalized spacial score (nSPS) is 9.38. The molecule has 0 aliphatic carbocycles. The van der Waals surface area contributed by atoms with Crippen LogP contribution in [0.1, 0.15) is 89.0 Å². The standard InChI is InChI=1S/C22H26N2.4C2H6/c1-8-11-13-19-17(6)18(10-3)21(23-19)22-16(5)15(4)20(24(22)7)14-12-9-2;4*1-2/h8-14,23H,1-3H2,4-7H3;4*1-2H3/b13-11-,14-12-;;;;. The van der Waals surface area contributed by atoms with Crippen LogP contribution in [0.3, 0.4) is 0 Å². The third-order valence-corrected chi connectivity index (χ3v) is 4.57. The Morgan fingerprint density at radius 2 is 1.16 bits per heavy atom. The largest absolute Gasteiger partial charge is 0.353 e. The lowest BCUT2D eigenvalue weighted by atomic mass is 10.0. The average molecular weight is 439 g/mol. The van der Waals surface area contributed by atoms with Gasteiger partial charge in [0.2, 0.25) is 0 Å². The van der Waals surface area contributed by atoms with Gasteiger partial charge >= 0.3 is 0 Å². The summed E-state index contributed by atoms with van der Waals surface area (Å²) in [5, 5.41) is 0. The van der Waals surface area contributed by atoms with E-state index in [9.17, 15) is 0 Å². The van der Waals surface area contributed by atoms with Gasteiger partial charge in [0.25, 0.3) is 0 Å². The van der Waals surface area contributed by atoms with Crippen LogP contribution in [0.5, 0.6) is 0 Å². The third-order valence-electron chi connectivity index (χ3n) is 4.57. The molecule has 0 saturated carbocycles. The molecule has 2 rings (SSSR count). The molecule has 2 aromatic heterocycles. The van der Waals surface area contributed by atoms with Gasteiger partial charge in [0.15, 0.2) is 0 Å². The Hall–Kier alpha value is -2.74. The van der Waals surface area contributed by atoms with Crippen LogP contribution in [-0.4, -0.2) is 9.55 Å². The van der Waals surface area contributed by atoms with Gasteiger partial charge in [-0.2, -0.15) is 0 Å². The summed E-state index contributed by atoms with van der Waals surface area (Å²) in [4.78, 5) is 3.56. The van der Waals surface area contributed by atoms with Crippen molar-refractivity contribution in [2.45, 2.75) is 76.2 Å². The van der Waals surface area contributed by atoms with E-state index >= 15 is 0 Å². The zero-order valence-electron chi connectivity index (χ0n) is 23.1. The van der Waals surface area contributed by atoms with E-state index in [1.54, 1.807) is 12.2 Å². The van der Waals surface area contributed by atoms with Crippen LogP contribution in [0.4, 0.5) is 0 Å². The number of rotatable bonds is 6. The van der Waals surface area contributed by atoms with Crippen molar-refractivity contribution in [1.29, 1.82) is 0 Å². The summed E-state index contributed by atoms with van der Waals surface area (Å²) < 4.78 is 2.23. The first-order chi connectivity index (χ1) is 15.5. The van der Waals surface area contributed by atoms with Crippen LogP contribution in [0.2, 0.25) is 0 Å². The molecule has 0 unspecified atom stereocenters. The van der Waals surface area contributed by atoms with Gasteiger partial charge in [-0.3, -0.25) is 0 Å². The summed E-state index contributed by atoms with van der Waals surface area (Å²) in [6.45, 7) is 34.0. The summed E-state index contributed by atoms with van der Waals surface area (Å²) in [5.74, 6) is 0. The fourth-order valence-corrected chi connectivity index (χ4v) is 3.15. The van der Waals surface area contributed by atoms with Crippen molar-refractivity contribution in [3.8, 4) is 11.4 Å². The molecule has 0 atom stereocenters. The Balaban J connectivity index is -0.000000945. The molecule has 2 nitrogen and oxygen atoms in total. The maximum atomic E-state index is 4.01. The van der Waals surface area contributed by atoms with Gasteiger partial charge in [0.05, 0.1) is 11.4 Å². The summed E-state index contributed by atoms with van der Waals surface area (Å²) in [5.41, 5.74) is 9.44. The smallest absolute Gasteiger partial charge is 0.0705 e. The molecule has 2 aromatic rings. The van der Waals surface area contributed by atoms with E-state index in [4.69, 9.17) is 0 Å². The summed E-state index contributed by atoms with van der Waals surface area (Å²) in [7, 11) is 2.10. The lowest BCUT2D eigenvalue weighted by molar-refractivity contribution is 0.913. The number of H-pyrrole nitrogens is 1. The van der Waals surface area contributed by atoms with Crippen LogP contribution < -0.4 is 0 Å². The molecule has 0 bridgehead atoms. The Morgan fingerprint density at radius 3 is 1.59 bits per heavy atom. The Labute approximate surface area is 200 Å². The van der Waals surface area contributed by atoms with Gasteiger partial charge < -0.3 is 9.55 Å². The molecular weight excluding hydrogens is 388 g/mol. The average Bonchev–Trinajstić information content (AvgIpc) is 3.27. The Kier molecular flexibility index (Phi) is 21.4. The van der Waals surface area contributed by atoms with Crippen molar-refractivity contribution in [1.82, 2.24) is 9.55 Å². The van der Waals surface area contributed by atoms with Crippen molar-refractivity contribution in [2.75, 3.05) is 0 Å². The van der Waals surface area contributed by atoms with Gasteiger partial charge in [-0.1, -0.05) is 106 Å². The lowest BCUT2D eigenvalue weighted by Gasteiger charge is -2.07. The molecule has 2 heterocycles. The molecule has 1 N–H and O–H groups in total. The number of allylic oxidation sites excluding steroid dienone is 4. The highest BCUT2D eigenvalue weighted by Gasteiger charge is 2.20. The minimum Gasteiger partial charge on any atom is -0.353 e. The Morgan fingerprint density at radius 1 is 0.688 bits per heavy atom. The van der Waals surface area contributed by atoms with Crippen LogP contribution in [0, 0.1) is 20.8 Å². The molecule has 0 aromatic carbocycles. The molecule has 0 saturated heterocycles. The van der Waals surface area contributed by atoms with Crippen molar-refractivity contribution in [2.24, 2.45) is 7.05 Å². The van der Waals surface area contributed by atoms with Crippen molar-refractivity contribution in [3.05, 3.63) is 77.7 Å². The topological polar surface area (TPSA) is 20.7 Å². The van der Waals surface area contributed by atoms with Gasteiger partial charge in [0.1, 0.15) is 0 Å². The molecule has 2 heteroatoms. The zero-order chi connectivity index (χ0) is 25.9. The van der Waals surface area contributed by atoms with Crippen LogP contribution in [-0.2, 0) is 7.05 Å². The first kappa shape index (κ1) is 33.9. The maximum absolute atomic E-state index is 4.01. The maximum Gasteiger partial charge on any atom is 0.0705 e. The van der Waals surface area contributed by atoms with Crippen LogP contribution in [0.15, 0.2) is 44.0 Å². The van der Waals surface area contributed by atoms with Crippen LogP contribution >= 0.6 is 0 Å². The number of hydrogen-bond acceptors (Lipinski definition) is 0. The van der Waals surface area contributed by atoms with Gasteiger partial charge in [-0.25, -0.2) is 0 Å². The first-order valence-corrected chi connectivity index (χ1v) is 12.1. The third kappa shape index (κ3) is 8.42. The number of nitrogens with one attached hydrogen (secondary N) is 1. The minimum absolute atomic E-state index is 1.08. The summed E-state index contributed by atoms with van der Waals surface area (Å²) in [6, 6.07) is 0. The minimum atomic E-state index is 1.08. The molecule has 0 spiro atoms. The van der Waals surface area contributed by atoms with Crippen molar-refractivity contribution in [3.63, 3.8) is 0 Å². The SMILES string of the molecule is C=C/C=C\c1[nH]c(-c2c(C)c(C)c(/C=C\C=C)n2C)c(C=C)c1C.CC.CC.CC.CC. The number of nitrogens with zero attached hydrogens (tertiary/aromatic N) is 1. The molecule has 0 radical (unpaired) electrons. The van der Waals surface area contributed by atoms with E-state index in [0.717, 1.165) is 17.0 Å². The van der Waals surface area contributed by atoms with Crippen molar-refractivity contribution >= 4 is 18.2 Å². The van der Waals surface area contributed by atoms with Crippen molar-refractivity contribution < 1.29 is 0 Å². The summed E-state index contributed by atoms with van der Waals surface area (Å²) in [6.07, 6.45) is 13.6. The first-order valence-electron chi connectivity index (χ1n) is 12.1. The lowest BCUT2D eigenvalue weighted by Crippen LogP contribution is -1.96. The quantitative estimate of drug-likeness (QED) is 0.433. The van der Waals surface area contributed by atoms with Gasteiger partial charge in [0, 0.05) is 24.0 Å². The number of aromatic amines is 1. The number of hydrogen-bond donors (Lipinski definition) is 1. The highest BCUT2D eigenvalue weighted by molar-refractivity contribution is 5.80. The van der Waals surface area contributed by atoms with Crippen LogP contribution in [0.25, 0.3) is 29.6 Å². The zero-order valence-corrected chi connectivity index (χ0v) is 23.1. The van der Waals surface area contributed by atoms with Gasteiger partial charge in [-0.05, 0) is 49.6 Å². The molecule has 0 amide bonds. The predicted molar refractivity (Wildman–Crippen MR) is 153 cm³/mol. The highest BCUT2D eigenvalue weighted by atomic mass is 15.0.